The number of aromatic nitrogens is 2. The Hall–Kier alpha value is -3.02. The van der Waals surface area contributed by atoms with E-state index in [4.69, 9.17) is 4.98 Å². The SMILES string of the molecule is CCCn1c(CN2CCN(c3ccc([N+](=O)[O-])cc3)CC2)nc2cc(S(=O)(=O)N(C)C)ccc21. The van der Waals surface area contributed by atoms with Crippen molar-refractivity contribution in [1.82, 2.24) is 18.8 Å². The van der Waals surface area contributed by atoms with E-state index in [-0.39, 0.29) is 15.5 Å². The maximum absolute atomic E-state index is 12.6. The molecule has 4 rings (SSSR count). The number of non-ortho nitro benzene ring substituents is 1. The standard InChI is InChI=1S/C23H30N6O4S/c1-4-11-28-22-10-9-20(34(32,33)25(2)3)16-21(22)24-23(28)17-26-12-14-27(15-13-26)18-5-7-19(8-6-18)29(30)31/h5-10,16H,4,11-15,17H2,1-3H3. The molecule has 0 atom stereocenters. The summed E-state index contributed by atoms with van der Waals surface area (Å²) in [5.74, 6) is 0.931. The summed E-state index contributed by atoms with van der Waals surface area (Å²) in [6.07, 6.45) is 0.949. The van der Waals surface area contributed by atoms with Crippen molar-refractivity contribution in [2.75, 3.05) is 45.2 Å². The Morgan fingerprint density at radius 1 is 1.06 bits per heavy atom. The van der Waals surface area contributed by atoms with Gasteiger partial charge < -0.3 is 9.47 Å². The molecule has 0 N–H and O–H groups in total. The number of imidazole rings is 1. The summed E-state index contributed by atoms with van der Waals surface area (Å²) in [5.41, 5.74) is 2.71. The van der Waals surface area contributed by atoms with Gasteiger partial charge in [0.05, 0.1) is 27.4 Å². The van der Waals surface area contributed by atoms with Crippen LogP contribution in [0.3, 0.4) is 0 Å². The Labute approximate surface area is 199 Å². The number of hydrogen-bond acceptors (Lipinski definition) is 7. The first-order valence-corrected chi connectivity index (χ1v) is 12.8. The molecule has 2 heterocycles. The molecule has 0 saturated carbocycles. The monoisotopic (exact) mass is 486 g/mol. The van der Waals surface area contributed by atoms with Crippen LogP contribution < -0.4 is 4.90 Å². The summed E-state index contributed by atoms with van der Waals surface area (Å²) < 4.78 is 28.5. The van der Waals surface area contributed by atoms with Gasteiger partial charge in [0.25, 0.3) is 5.69 Å². The van der Waals surface area contributed by atoms with Crippen LogP contribution in [0.1, 0.15) is 19.2 Å². The second kappa shape index (κ2) is 9.69. The molecule has 0 bridgehead atoms. The molecule has 10 nitrogen and oxygen atoms in total. The van der Waals surface area contributed by atoms with Crippen LogP contribution in [-0.2, 0) is 23.1 Å². The van der Waals surface area contributed by atoms with Gasteiger partial charge >= 0.3 is 0 Å². The fraction of sp³-hybridized carbons (Fsp3) is 0.435. The Balaban J connectivity index is 1.50. The Bertz CT molecular complexity index is 1280. The molecule has 2 aromatic carbocycles. The van der Waals surface area contributed by atoms with Crippen LogP contribution in [0.2, 0.25) is 0 Å². The number of hydrogen-bond donors (Lipinski definition) is 0. The van der Waals surface area contributed by atoms with E-state index in [1.54, 1.807) is 36.4 Å². The molecule has 34 heavy (non-hydrogen) atoms. The van der Waals surface area contributed by atoms with Crippen molar-refractivity contribution in [3.8, 4) is 0 Å². The van der Waals surface area contributed by atoms with Crippen LogP contribution >= 0.6 is 0 Å². The average Bonchev–Trinajstić information content (AvgIpc) is 3.16. The lowest BCUT2D eigenvalue weighted by atomic mass is 10.2. The molecule has 0 radical (unpaired) electrons. The van der Waals surface area contributed by atoms with Gasteiger partial charge in [0.15, 0.2) is 0 Å². The smallest absolute Gasteiger partial charge is 0.269 e. The number of benzene rings is 2. The number of rotatable bonds is 8. The maximum Gasteiger partial charge on any atom is 0.269 e. The van der Waals surface area contributed by atoms with Gasteiger partial charge in [-0.1, -0.05) is 6.92 Å². The zero-order chi connectivity index (χ0) is 24.5. The Morgan fingerprint density at radius 3 is 2.32 bits per heavy atom. The lowest BCUT2D eigenvalue weighted by Crippen LogP contribution is -2.46. The zero-order valence-corrected chi connectivity index (χ0v) is 20.5. The molecule has 11 heteroatoms. The van der Waals surface area contributed by atoms with E-state index >= 15 is 0 Å². The van der Waals surface area contributed by atoms with Crippen molar-refractivity contribution in [2.24, 2.45) is 0 Å². The number of aryl methyl sites for hydroxylation is 1. The second-order valence-corrected chi connectivity index (χ2v) is 10.8. The normalized spacial score (nSPS) is 15.4. The minimum atomic E-state index is -3.52. The molecule has 0 aliphatic carbocycles. The molecule has 1 aromatic heterocycles. The summed E-state index contributed by atoms with van der Waals surface area (Å²) in [4.78, 5) is 20.1. The topological polar surface area (TPSA) is 105 Å². The molecule has 0 unspecified atom stereocenters. The van der Waals surface area contributed by atoms with Crippen molar-refractivity contribution < 1.29 is 13.3 Å². The highest BCUT2D eigenvalue weighted by molar-refractivity contribution is 7.89. The lowest BCUT2D eigenvalue weighted by Gasteiger charge is -2.36. The molecule has 1 aliphatic heterocycles. The van der Waals surface area contributed by atoms with Crippen molar-refractivity contribution in [1.29, 1.82) is 0 Å². The zero-order valence-electron chi connectivity index (χ0n) is 19.7. The summed E-state index contributed by atoms with van der Waals surface area (Å²) in [6, 6.07) is 11.8. The van der Waals surface area contributed by atoms with Gasteiger partial charge in [-0.2, -0.15) is 0 Å². The molecule has 1 fully saturated rings. The predicted octanol–water partition coefficient (Wildman–Crippen LogP) is 2.93. The number of fused-ring (bicyclic) bond motifs is 1. The minimum Gasteiger partial charge on any atom is -0.369 e. The van der Waals surface area contributed by atoms with Crippen molar-refractivity contribution in [3.63, 3.8) is 0 Å². The van der Waals surface area contributed by atoms with Crippen LogP contribution in [0.15, 0.2) is 47.4 Å². The predicted molar refractivity (Wildman–Crippen MR) is 131 cm³/mol. The summed E-state index contributed by atoms with van der Waals surface area (Å²) >= 11 is 0. The molecular formula is C23H30N6O4S. The number of nitro benzene ring substituents is 1. The van der Waals surface area contributed by atoms with E-state index in [1.165, 1.54) is 18.4 Å². The molecule has 1 aliphatic rings. The highest BCUT2D eigenvalue weighted by Gasteiger charge is 2.22. The van der Waals surface area contributed by atoms with Gasteiger partial charge in [-0.25, -0.2) is 17.7 Å². The molecule has 0 amide bonds. The maximum atomic E-state index is 12.6. The van der Waals surface area contributed by atoms with Crippen LogP contribution in [0.5, 0.6) is 0 Å². The molecule has 182 valence electrons. The van der Waals surface area contributed by atoms with Crippen LogP contribution in [0, 0.1) is 10.1 Å². The fourth-order valence-corrected chi connectivity index (χ4v) is 5.20. The van der Waals surface area contributed by atoms with Crippen molar-refractivity contribution in [2.45, 2.75) is 31.3 Å². The largest absolute Gasteiger partial charge is 0.369 e. The molecular weight excluding hydrogens is 456 g/mol. The van der Waals surface area contributed by atoms with E-state index in [1.807, 2.05) is 6.07 Å². The first-order chi connectivity index (χ1) is 16.2. The minimum absolute atomic E-state index is 0.0961. The lowest BCUT2D eigenvalue weighted by molar-refractivity contribution is -0.384. The summed E-state index contributed by atoms with van der Waals surface area (Å²) in [5, 5.41) is 10.9. The second-order valence-electron chi connectivity index (χ2n) is 8.65. The fourth-order valence-electron chi connectivity index (χ4n) is 4.27. The highest BCUT2D eigenvalue weighted by Crippen LogP contribution is 2.25. The van der Waals surface area contributed by atoms with Gasteiger partial charge in [-0.15, -0.1) is 0 Å². The molecule has 0 spiro atoms. The van der Waals surface area contributed by atoms with E-state index in [0.29, 0.717) is 12.1 Å². The average molecular weight is 487 g/mol. The number of nitro groups is 1. The van der Waals surface area contributed by atoms with Crippen molar-refractivity contribution in [3.05, 3.63) is 58.4 Å². The third-order valence-corrected chi connectivity index (χ3v) is 8.00. The highest BCUT2D eigenvalue weighted by atomic mass is 32.2. The number of nitrogens with zero attached hydrogens (tertiary/aromatic N) is 6. The first-order valence-electron chi connectivity index (χ1n) is 11.3. The van der Waals surface area contributed by atoms with Gasteiger partial charge in [0.2, 0.25) is 10.0 Å². The van der Waals surface area contributed by atoms with E-state index in [9.17, 15) is 18.5 Å². The third kappa shape index (κ3) is 4.77. The van der Waals surface area contributed by atoms with Crippen LogP contribution in [-0.4, -0.2) is 72.4 Å². The molecule has 3 aromatic rings. The van der Waals surface area contributed by atoms with E-state index in [0.717, 1.165) is 56.2 Å². The number of piperazine rings is 1. The summed E-state index contributed by atoms with van der Waals surface area (Å²) in [7, 11) is -0.471. The third-order valence-electron chi connectivity index (χ3n) is 6.19. The quantitative estimate of drug-likeness (QED) is 0.356. The Morgan fingerprint density at radius 2 is 1.74 bits per heavy atom. The Kier molecular flexibility index (Phi) is 6.87. The number of sulfonamides is 1. The van der Waals surface area contributed by atoms with Crippen LogP contribution in [0.25, 0.3) is 11.0 Å². The van der Waals surface area contributed by atoms with Crippen LogP contribution in [0.4, 0.5) is 11.4 Å². The van der Waals surface area contributed by atoms with E-state index < -0.39 is 10.0 Å². The van der Waals surface area contributed by atoms with E-state index in [2.05, 4.69) is 21.3 Å². The number of anilines is 1. The van der Waals surface area contributed by atoms with Gasteiger partial charge in [0, 0.05) is 64.6 Å². The van der Waals surface area contributed by atoms with Gasteiger partial charge in [0.1, 0.15) is 5.82 Å². The summed E-state index contributed by atoms with van der Waals surface area (Å²) in [6.45, 7) is 6.92. The van der Waals surface area contributed by atoms with Gasteiger partial charge in [-0.3, -0.25) is 15.0 Å². The van der Waals surface area contributed by atoms with Crippen molar-refractivity contribution >= 4 is 32.4 Å². The molecule has 1 saturated heterocycles. The first kappa shape index (κ1) is 24.1. The van der Waals surface area contributed by atoms with Gasteiger partial charge in [-0.05, 0) is 36.8 Å².